The van der Waals surface area contributed by atoms with E-state index in [0.717, 1.165) is 11.8 Å². The molecule has 0 radical (unpaired) electrons. The zero-order chi connectivity index (χ0) is 30.9. The van der Waals surface area contributed by atoms with Gasteiger partial charge in [-0.3, -0.25) is 13.9 Å². The van der Waals surface area contributed by atoms with E-state index in [2.05, 4.69) is 5.32 Å². The summed E-state index contributed by atoms with van der Waals surface area (Å²) in [4.78, 5) is 29.0. The molecule has 1 atom stereocenters. The van der Waals surface area contributed by atoms with Crippen molar-refractivity contribution in [2.24, 2.45) is 0 Å². The number of carbonyl (C=O) groups excluding carboxylic acids is 2. The second-order valence-electron chi connectivity index (χ2n) is 10.2. The van der Waals surface area contributed by atoms with Gasteiger partial charge in [-0.15, -0.1) is 0 Å². The van der Waals surface area contributed by atoms with Crippen molar-refractivity contribution in [3.05, 3.63) is 94.0 Å². The number of para-hydroxylation sites is 2. The fourth-order valence-electron chi connectivity index (χ4n) is 4.59. The number of benzene rings is 3. The van der Waals surface area contributed by atoms with Crippen LogP contribution in [0.5, 0.6) is 5.75 Å². The third-order valence-corrected chi connectivity index (χ3v) is 8.46. The summed E-state index contributed by atoms with van der Waals surface area (Å²) in [5.41, 5.74) is 1.99. The SMILES string of the molecule is COc1ccccc1N(CCCC(=O)N(Cc1ccc(Cl)c(Cl)c1)C(Cc1ccccc1)C(=O)NC(C)C)S(C)(=O)=O. The van der Waals surface area contributed by atoms with Crippen molar-refractivity contribution >= 4 is 50.7 Å². The molecule has 0 saturated carbocycles. The molecular formula is C31H37Cl2N3O5S. The second kappa shape index (κ2) is 15.3. The monoisotopic (exact) mass is 633 g/mol. The number of rotatable bonds is 14. The highest BCUT2D eigenvalue weighted by Crippen LogP contribution is 2.30. The van der Waals surface area contributed by atoms with Gasteiger partial charge < -0.3 is 15.0 Å². The molecule has 3 rings (SSSR count). The molecule has 11 heteroatoms. The molecule has 0 aliphatic carbocycles. The van der Waals surface area contributed by atoms with Crippen LogP contribution in [-0.2, 0) is 32.6 Å². The van der Waals surface area contributed by atoms with Gasteiger partial charge >= 0.3 is 0 Å². The van der Waals surface area contributed by atoms with Crippen LogP contribution in [0, 0.1) is 0 Å². The Labute approximate surface area is 258 Å². The minimum atomic E-state index is -3.67. The number of sulfonamides is 1. The Balaban J connectivity index is 1.92. The van der Waals surface area contributed by atoms with Crippen LogP contribution in [0.1, 0.15) is 37.8 Å². The van der Waals surface area contributed by atoms with Crippen LogP contribution < -0.4 is 14.4 Å². The molecule has 2 amide bonds. The number of ether oxygens (including phenoxy) is 1. The van der Waals surface area contributed by atoms with Gasteiger partial charge in [0.05, 0.1) is 29.1 Å². The number of nitrogens with zero attached hydrogens (tertiary/aromatic N) is 2. The van der Waals surface area contributed by atoms with E-state index in [-0.39, 0.29) is 43.8 Å². The smallest absolute Gasteiger partial charge is 0.243 e. The standard InChI is InChI=1S/C31H37Cl2N3O5S/c1-22(2)34-31(38)28(20-23-11-6-5-7-12-23)35(21-24-16-17-25(32)26(33)19-24)30(37)15-10-18-36(42(4,39)40)27-13-8-9-14-29(27)41-3/h5-9,11-14,16-17,19,22,28H,10,15,18,20-21H2,1-4H3,(H,34,38). The average Bonchev–Trinajstić information content (AvgIpc) is 2.94. The Bertz CT molecular complexity index is 1470. The summed E-state index contributed by atoms with van der Waals surface area (Å²) in [5, 5.41) is 3.68. The van der Waals surface area contributed by atoms with Gasteiger partial charge in [0.1, 0.15) is 11.8 Å². The van der Waals surface area contributed by atoms with Crippen LogP contribution in [0.3, 0.4) is 0 Å². The minimum Gasteiger partial charge on any atom is -0.495 e. The van der Waals surface area contributed by atoms with Crippen molar-refractivity contribution in [2.45, 2.75) is 51.7 Å². The number of carbonyl (C=O) groups is 2. The van der Waals surface area contributed by atoms with Gasteiger partial charge in [-0.25, -0.2) is 8.42 Å². The van der Waals surface area contributed by atoms with Crippen molar-refractivity contribution in [3.8, 4) is 5.75 Å². The van der Waals surface area contributed by atoms with Crippen LogP contribution in [-0.4, -0.2) is 57.1 Å². The van der Waals surface area contributed by atoms with Crippen molar-refractivity contribution in [2.75, 3.05) is 24.2 Å². The number of hydrogen-bond acceptors (Lipinski definition) is 5. The maximum absolute atomic E-state index is 13.9. The van der Waals surface area contributed by atoms with Crippen molar-refractivity contribution in [3.63, 3.8) is 0 Å². The summed E-state index contributed by atoms with van der Waals surface area (Å²) in [6.07, 6.45) is 1.63. The van der Waals surface area contributed by atoms with Gasteiger partial charge in [0.25, 0.3) is 0 Å². The molecule has 0 aliphatic rings. The van der Waals surface area contributed by atoms with E-state index in [1.807, 2.05) is 44.2 Å². The van der Waals surface area contributed by atoms with Gasteiger partial charge in [-0.05, 0) is 55.7 Å². The Morgan fingerprint density at radius 3 is 2.21 bits per heavy atom. The minimum absolute atomic E-state index is 0.00272. The van der Waals surface area contributed by atoms with E-state index in [9.17, 15) is 18.0 Å². The fourth-order valence-corrected chi connectivity index (χ4v) is 5.88. The lowest BCUT2D eigenvalue weighted by Crippen LogP contribution is -2.51. The van der Waals surface area contributed by atoms with Gasteiger partial charge in [-0.2, -0.15) is 0 Å². The lowest BCUT2D eigenvalue weighted by Gasteiger charge is -2.32. The normalized spacial score (nSPS) is 12.1. The third-order valence-electron chi connectivity index (χ3n) is 6.54. The predicted octanol–water partition coefficient (Wildman–Crippen LogP) is 5.71. The summed E-state index contributed by atoms with van der Waals surface area (Å²) >= 11 is 12.4. The van der Waals surface area contributed by atoms with Gasteiger partial charge in [0, 0.05) is 32.0 Å². The molecule has 8 nitrogen and oxygen atoms in total. The molecule has 0 spiro atoms. The van der Waals surface area contributed by atoms with E-state index in [1.54, 1.807) is 42.5 Å². The lowest BCUT2D eigenvalue weighted by atomic mass is 10.0. The summed E-state index contributed by atoms with van der Waals surface area (Å²) < 4.78 is 32.0. The van der Waals surface area contributed by atoms with E-state index in [0.29, 0.717) is 33.5 Å². The summed E-state index contributed by atoms with van der Waals surface area (Å²) in [6, 6.07) is 20.4. The first kappa shape index (κ1) is 33.2. The first-order valence-electron chi connectivity index (χ1n) is 13.6. The first-order chi connectivity index (χ1) is 19.9. The van der Waals surface area contributed by atoms with E-state index < -0.39 is 16.1 Å². The summed E-state index contributed by atoms with van der Waals surface area (Å²) in [5.74, 6) is -0.174. The fraction of sp³-hybridized carbons (Fsp3) is 0.355. The van der Waals surface area contributed by atoms with Crippen LogP contribution >= 0.6 is 23.2 Å². The van der Waals surface area contributed by atoms with Crippen molar-refractivity contribution < 1.29 is 22.7 Å². The molecular weight excluding hydrogens is 597 g/mol. The van der Waals surface area contributed by atoms with Gasteiger partial charge in [0.2, 0.25) is 21.8 Å². The quantitative estimate of drug-likeness (QED) is 0.245. The first-order valence-corrected chi connectivity index (χ1v) is 16.2. The molecule has 0 heterocycles. The number of nitrogens with one attached hydrogen (secondary N) is 1. The maximum Gasteiger partial charge on any atom is 0.243 e. The zero-order valence-corrected chi connectivity index (χ0v) is 26.5. The largest absolute Gasteiger partial charge is 0.495 e. The summed E-state index contributed by atoms with van der Waals surface area (Å²) in [7, 11) is -2.20. The van der Waals surface area contributed by atoms with Crippen LogP contribution in [0.25, 0.3) is 0 Å². The molecule has 42 heavy (non-hydrogen) atoms. The average molecular weight is 635 g/mol. The van der Waals surface area contributed by atoms with Crippen molar-refractivity contribution in [1.29, 1.82) is 0 Å². The molecule has 0 aromatic heterocycles. The molecule has 1 N–H and O–H groups in total. The predicted molar refractivity (Wildman–Crippen MR) is 169 cm³/mol. The lowest BCUT2D eigenvalue weighted by molar-refractivity contribution is -0.141. The number of anilines is 1. The van der Waals surface area contributed by atoms with Gasteiger partial charge in [-0.1, -0.05) is 71.7 Å². The highest BCUT2D eigenvalue weighted by atomic mass is 35.5. The summed E-state index contributed by atoms with van der Waals surface area (Å²) in [6.45, 7) is 3.88. The maximum atomic E-state index is 13.9. The Morgan fingerprint density at radius 1 is 0.929 bits per heavy atom. The molecule has 3 aromatic rings. The highest BCUT2D eigenvalue weighted by Gasteiger charge is 2.31. The molecule has 0 saturated heterocycles. The van der Waals surface area contributed by atoms with Crippen molar-refractivity contribution in [1.82, 2.24) is 10.2 Å². The van der Waals surface area contributed by atoms with E-state index >= 15 is 0 Å². The van der Waals surface area contributed by atoms with Crippen LogP contribution in [0.15, 0.2) is 72.8 Å². The molecule has 1 unspecified atom stereocenters. The molecule has 0 aliphatic heterocycles. The molecule has 0 fully saturated rings. The van der Waals surface area contributed by atoms with Crippen LogP contribution in [0.2, 0.25) is 10.0 Å². The Kier molecular flexibility index (Phi) is 12.1. The Morgan fingerprint density at radius 2 is 1.60 bits per heavy atom. The third kappa shape index (κ3) is 9.37. The van der Waals surface area contributed by atoms with Crippen LogP contribution in [0.4, 0.5) is 5.69 Å². The number of methoxy groups -OCH3 is 1. The van der Waals surface area contributed by atoms with E-state index in [4.69, 9.17) is 27.9 Å². The van der Waals surface area contributed by atoms with Gasteiger partial charge in [0.15, 0.2) is 0 Å². The number of amides is 2. The molecule has 3 aromatic carbocycles. The molecule has 0 bridgehead atoms. The topological polar surface area (TPSA) is 96.0 Å². The number of hydrogen-bond donors (Lipinski definition) is 1. The van der Waals surface area contributed by atoms with E-state index in [1.165, 1.54) is 16.3 Å². The Hall–Kier alpha value is -3.27. The number of halogens is 2. The second-order valence-corrected chi connectivity index (χ2v) is 13.0. The highest BCUT2D eigenvalue weighted by molar-refractivity contribution is 7.92. The molecule has 226 valence electrons. The zero-order valence-electron chi connectivity index (χ0n) is 24.2.